The van der Waals surface area contributed by atoms with Crippen molar-refractivity contribution < 1.29 is 22.5 Å². The van der Waals surface area contributed by atoms with Crippen molar-refractivity contribution in [3.05, 3.63) is 35.4 Å². The van der Waals surface area contributed by atoms with Crippen molar-refractivity contribution in [2.75, 3.05) is 7.11 Å². The zero-order valence-corrected chi connectivity index (χ0v) is 9.20. The number of carbonyl (C=O) groups is 1. The second-order valence-electron chi connectivity index (χ2n) is 4.25. The molecule has 1 aliphatic carbocycles. The van der Waals surface area contributed by atoms with Gasteiger partial charge in [0.1, 0.15) is 0 Å². The van der Waals surface area contributed by atoms with Crippen molar-refractivity contribution in [3.63, 3.8) is 0 Å². The van der Waals surface area contributed by atoms with Gasteiger partial charge in [0.2, 0.25) is 0 Å². The Morgan fingerprint density at radius 1 is 1.29 bits per heavy atom. The highest BCUT2D eigenvalue weighted by Gasteiger charge is 2.51. The first-order valence-electron chi connectivity index (χ1n) is 5.31. The Hall–Kier alpha value is -1.46. The van der Waals surface area contributed by atoms with Gasteiger partial charge in [0.25, 0.3) is 0 Å². The van der Waals surface area contributed by atoms with E-state index in [0.717, 1.165) is 0 Å². The van der Waals surface area contributed by atoms with E-state index in [-0.39, 0.29) is 6.42 Å². The molecule has 1 aromatic carbocycles. The highest BCUT2D eigenvalue weighted by molar-refractivity contribution is 6.61. The summed E-state index contributed by atoms with van der Waals surface area (Å²) in [5.74, 6) is -2.08. The van der Waals surface area contributed by atoms with Gasteiger partial charge in [-0.2, -0.15) is 0 Å². The average Bonchev–Trinajstić information content (AvgIpc) is 3.08. The third-order valence-corrected chi connectivity index (χ3v) is 3.09. The average molecular weight is 243 g/mol. The summed E-state index contributed by atoms with van der Waals surface area (Å²) in [5, 5.41) is 0. The molecule has 0 amide bonds. The van der Waals surface area contributed by atoms with Gasteiger partial charge in [0.05, 0.1) is 12.7 Å². The van der Waals surface area contributed by atoms with Crippen LogP contribution in [0.25, 0.3) is 0 Å². The van der Waals surface area contributed by atoms with E-state index in [0.29, 0.717) is 11.1 Å². The van der Waals surface area contributed by atoms with E-state index in [1.807, 2.05) is 0 Å². The summed E-state index contributed by atoms with van der Waals surface area (Å²) in [6.45, 7) is -4.74. The number of hydrogen-bond donors (Lipinski definition) is 0. The van der Waals surface area contributed by atoms with Crippen LogP contribution < -0.4 is 0 Å². The van der Waals surface area contributed by atoms with Gasteiger partial charge in [0.15, 0.2) is 0 Å². The van der Waals surface area contributed by atoms with Crippen molar-refractivity contribution in [2.45, 2.75) is 18.2 Å². The minimum Gasteiger partial charge on any atom is -0.465 e. The van der Waals surface area contributed by atoms with Crippen LogP contribution in [0, 0.1) is 0 Å². The zero-order valence-electron chi connectivity index (χ0n) is 9.20. The molecule has 1 aliphatic rings. The standard InChI is InChI=1S/C11H11BF3O2/c1-17-11(16)8-4-2-7(3-5-8)9-6-10(9)12(13,14)15/h2-5,9-10H,6H2,1H3/q-1. The molecule has 0 bridgehead atoms. The monoisotopic (exact) mass is 243 g/mol. The Labute approximate surface area is 96.8 Å². The van der Waals surface area contributed by atoms with Crippen LogP contribution in [0.4, 0.5) is 12.9 Å². The first kappa shape index (κ1) is 12.0. The lowest BCUT2D eigenvalue weighted by Gasteiger charge is -2.12. The predicted octanol–water partition coefficient (Wildman–Crippen LogP) is 3.18. The van der Waals surface area contributed by atoms with Crippen LogP contribution in [0.1, 0.15) is 28.3 Å². The second-order valence-corrected chi connectivity index (χ2v) is 4.25. The molecule has 0 aliphatic heterocycles. The number of ether oxygens (including phenoxy) is 1. The molecule has 1 fully saturated rings. The van der Waals surface area contributed by atoms with Crippen LogP contribution in [-0.2, 0) is 4.74 Å². The molecule has 0 N–H and O–H groups in total. The Kier molecular flexibility index (Phi) is 2.89. The summed E-state index contributed by atoms with van der Waals surface area (Å²) in [5.41, 5.74) is 0.993. The van der Waals surface area contributed by atoms with Crippen LogP contribution in [0.15, 0.2) is 24.3 Å². The summed E-state index contributed by atoms with van der Waals surface area (Å²) in [7, 11) is 1.26. The molecular weight excluding hydrogens is 232 g/mol. The Morgan fingerprint density at radius 2 is 1.88 bits per heavy atom. The van der Waals surface area contributed by atoms with Gasteiger partial charge < -0.3 is 17.7 Å². The lowest BCUT2D eigenvalue weighted by molar-refractivity contribution is 0.0600. The van der Waals surface area contributed by atoms with Crippen molar-refractivity contribution in [2.24, 2.45) is 0 Å². The van der Waals surface area contributed by atoms with E-state index >= 15 is 0 Å². The molecule has 0 radical (unpaired) electrons. The minimum atomic E-state index is -4.74. The smallest absolute Gasteiger partial charge is 0.465 e. The lowest BCUT2D eigenvalue weighted by atomic mass is 9.81. The van der Waals surface area contributed by atoms with E-state index < -0.39 is 24.7 Å². The van der Waals surface area contributed by atoms with Gasteiger partial charge in [-0.15, -0.1) is 0 Å². The molecule has 2 atom stereocenters. The predicted molar refractivity (Wildman–Crippen MR) is 58.0 cm³/mol. The van der Waals surface area contributed by atoms with E-state index in [2.05, 4.69) is 4.74 Å². The van der Waals surface area contributed by atoms with Crippen LogP contribution in [-0.4, -0.2) is 20.1 Å². The summed E-state index contributed by atoms with van der Waals surface area (Å²) in [4.78, 5) is 11.1. The van der Waals surface area contributed by atoms with Crippen LogP contribution >= 0.6 is 0 Å². The molecule has 92 valence electrons. The summed E-state index contributed by atoms with van der Waals surface area (Å²) >= 11 is 0. The Morgan fingerprint density at radius 3 is 2.29 bits per heavy atom. The van der Waals surface area contributed by atoms with Crippen molar-refractivity contribution in [3.8, 4) is 0 Å². The van der Waals surface area contributed by atoms with Crippen molar-refractivity contribution in [1.29, 1.82) is 0 Å². The maximum atomic E-state index is 12.4. The number of hydrogen-bond acceptors (Lipinski definition) is 2. The minimum absolute atomic E-state index is 0.168. The molecule has 17 heavy (non-hydrogen) atoms. The van der Waals surface area contributed by atoms with Gasteiger partial charge in [-0.25, -0.2) is 4.79 Å². The number of methoxy groups -OCH3 is 1. The summed E-state index contributed by atoms with van der Waals surface area (Å²) in [6, 6.07) is 6.14. The molecule has 0 aromatic heterocycles. The van der Waals surface area contributed by atoms with E-state index in [1.54, 1.807) is 12.1 Å². The van der Waals surface area contributed by atoms with Crippen molar-refractivity contribution >= 4 is 12.9 Å². The molecule has 2 nitrogen and oxygen atoms in total. The highest BCUT2D eigenvalue weighted by Crippen LogP contribution is 2.59. The SMILES string of the molecule is COC(=O)c1ccc(C2CC2[B-](F)(F)F)cc1. The third-order valence-electron chi connectivity index (χ3n) is 3.09. The number of rotatable bonds is 3. The number of halogens is 3. The molecule has 0 heterocycles. The number of esters is 1. The lowest BCUT2D eigenvalue weighted by Crippen LogP contribution is -2.15. The van der Waals surface area contributed by atoms with Crippen molar-refractivity contribution in [1.82, 2.24) is 0 Å². The third kappa shape index (κ3) is 2.45. The van der Waals surface area contributed by atoms with E-state index in [4.69, 9.17) is 0 Å². The van der Waals surface area contributed by atoms with Gasteiger partial charge in [-0.05, 0) is 23.6 Å². The van der Waals surface area contributed by atoms with Gasteiger partial charge in [-0.1, -0.05) is 24.4 Å². The fourth-order valence-corrected chi connectivity index (χ4v) is 2.00. The fraction of sp³-hybridized carbons (Fsp3) is 0.364. The number of carbonyl (C=O) groups excluding carboxylic acids is 1. The zero-order chi connectivity index (χ0) is 12.6. The topological polar surface area (TPSA) is 26.3 Å². The molecule has 2 unspecified atom stereocenters. The van der Waals surface area contributed by atoms with E-state index in [9.17, 15) is 17.7 Å². The molecule has 1 aromatic rings. The first-order chi connectivity index (χ1) is 7.93. The fourth-order valence-electron chi connectivity index (χ4n) is 2.00. The number of benzene rings is 1. The normalized spacial score (nSPS) is 23.3. The maximum Gasteiger partial charge on any atom is 0.481 e. The van der Waals surface area contributed by atoms with Crippen LogP contribution in [0.3, 0.4) is 0 Å². The quantitative estimate of drug-likeness (QED) is 0.601. The Balaban J connectivity index is 2.08. The Bertz CT molecular complexity index is 427. The van der Waals surface area contributed by atoms with Gasteiger partial charge in [0, 0.05) is 0 Å². The van der Waals surface area contributed by atoms with Gasteiger partial charge >= 0.3 is 12.9 Å². The molecule has 0 saturated heterocycles. The van der Waals surface area contributed by atoms with Gasteiger partial charge in [-0.3, -0.25) is 0 Å². The summed E-state index contributed by atoms with van der Waals surface area (Å²) in [6.07, 6.45) is 0.168. The highest BCUT2D eigenvalue weighted by atomic mass is 19.4. The van der Waals surface area contributed by atoms with E-state index in [1.165, 1.54) is 19.2 Å². The summed E-state index contributed by atoms with van der Waals surface area (Å²) < 4.78 is 41.8. The molecule has 6 heteroatoms. The second kappa shape index (κ2) is 4.09. The van der Waals surface area contributed by atoms with Crippen LogP contribution in [0.5, 0.6) is 0 Å². The largest absolute Gasteiger partial charge is 0.481 e. The maximum absolute atomic E-state index is 12.4. The molecule has 0 spiro atoms. The molecule has 2 rings (SSSR count). The van der Waals surface area contributed by atoms with Crippen LogP contribution in [0.2, 0.25) is 5.82 Å². The molecule has 1 saturated carbocycles. The molecular formula is C11H11BF3O2-. The first-order valence-corrected chi connectivity index (χ1v) is 5.31.